The first-order valence-electron chi connectivity index (χ1n) is 8.12. The lowest BCUT2D eigenvalue weighted by molar-refractivity contribution is -0.534. The number of hydrogen-bond donors (Lipinski definition) is 0. The molecule has 0 aliphatic heterocycles. The second kappa shape index (κ2) is 9.05. The van der Waals surface area contributed by atoms with Crippen LogP contribution in [-0.2, 0) is 4.79 Å². The summed E-state index contributed by atoms with van der Waals surface area (Å²) in [5, 5.41) is 0. The molecule has 0 amide bonds. The molecule has 0 aromatic heterocycles. The van der Waals surface area contributed by atoms with Gasteiger partial charge >= 0.3 is 5.97 Å². The molecule has 146 valence electrons. The fourth-order valence-electron chi connectivity index (χ4n) is 2.67. The molecule has 1 aromatic rings. The van der Waals surface area contributed by atoms with Gasteiger partial charge in [0.05, 0.1) is 0 Å². The number of unbranched alkanes of at least 4 members (excludes halogenated alkanes) is 1. The summed E-state index contributed by atoms with van der Waals surface area (Å²) in [4.78, 5) is 23.2. The summed E-state index contributed by atoms with van der Waals surface area (Å²) >= 11 is 0. The zero-order valence-electron chi connectivity index (χ0n) is 14.8. The topological polar surface area (TPSA) is 46.4 Å². The Bertz CT molecular complexity index is 666. The van der Waals surface area contributed by atoms with E-state index in [0.717, 1.165) is 12.8 Å². The monoisotopic (exact) mass is 382 g/mol. The Morgan fingerprint density at radius 2 is 1.50 bits per heavy atom. The molecule has 0 radical (unpaired) electrons. The summed E-state index contributed by atoms with van der Waals surface area (Å²) < 4.78 is 71.4. The fourth-order valence-corrected chi connectivity index (χ4v) is 2.67. The summed E-state index contributed by atoms with van der Waals surface area (Å²) in [6, 6.07) is 0. The van der Waals surface area contributed by atoms with Gasteiger partial charge in [-0.1, -0.05) is 26.7 Å². The lowest BCUT2D eigenvalue weighted by Gasteiger charge is -2.24. The molecule has 0 aliphatic rings. The molecule has 4 nitrogen and oxygen atoms in total. The number of halogens is 5. The van der Waals surface area contributed by atoms with Crippen LogP contribution in [0.3, 0.4) is 0 Å². The predicted octanol–water partition coefficient (Wildman–Crippen LogP) is 4.67. The highest BCUT2D eigenvalue weighted by molar-refractivity contribution is 5.72. The Hall–Kier alpha value is -2.06. The standard InChI is InChI=1S/C17H21F5NO3/c1-4-5-7-17(2,9-23(3)25)8-6-10(24)26-16-14(21)12(19)11(18)13(20)15(16)22/h4-9H2,1-3H3/q+1. The second-order valence-electron chi connectivity index (χ2n) is 6.57. The number of nitrogens with zero attached hydrogens (tertiary/aromatic N) is 1. The Morgan fingerprint density at radius 3 is 1.96 bits per heavy atom. The zero-order valence-corrected chi connectivity index (χ0v) is 14.8. The van der Waals surface area contributed by atoms with Crippen molar-refractivity contribution in [2.75, 3.05) is 13.6 Å². The van der Waals surface area contributed by atoms with Gasteiger partial charge in [0, 0.05) is 16.7 Å². The third-order valence-corrected chi connectivity index (χ3v) is 4.06. The van der Waals surface area contributed by atoms with E-state index in [2.05, 4.69) is 4.74 Å². The zero-order chi connectivity index (χ0) is 20.1. The van der Waals surface area contributed by atoms with Crippen LogP contribution in [0, 0.1) is 39.4 Å². The maximum absolute atomic E-state index is 13.5. The molecule has 1 aromatic carbocycles. The molecule has 26 heavy (non-hydrogen) atoms. The van der Waals surface area contributed by atoms with Gasteiger partial charge in [0.1, 0.15) is 0 Å². The van der Waals surface area contributed by atoms with Gasteiger partial charge in [-0.05, 0) is 17.6 Å². The van der Waals surface area contributed by atoms with Crippen molar-refractivity contribution in [1.82, 2.24) is 0 Å². The molecule has 0 spiro atoms. The Labute approximate surface area is 147 Å². The Kier molecular flexibility index (Phi) is 7.65. The number of ether oxygens (including phenoxy) is 1. The molecule has 0 N–H and O–H groups in total. The van der Waals surface area contributed by atoms with E-state index in [1.165, 1.54) is 7.05 Å². The SMILES string of the molecule is CCCCC(C)(CCC(=O)Oc1c(F)c(F)c(F)c(F)c1F)C[N+](C)=O. The molecule has 0 fully saturated rings. The number of carbonyl (C=O) groups is 1. The normalized spacial score (nSPS) is 13.4. The summed E-state index contributed by atoms with van der Waals surface area (Å²) in [6.45, 7) is 3.87. The summed E-state index contributed by atoms with van der Waals surface area (Å²) in [7, 11) is 1.33. The van der Waals surface area contributed by atoms with Gasteiger partial charge in [-0.25, -0.2) is 13.2 Å². The highest BCUT2D eigenvalue weighted by Gasteiger charge is 2.32. The smallest absolute Gasteiger partial charge is 0.311 e. The van der Waals surface area contributed by atoms with E-state index in [0.29, 0.717) is 11.2 Å². The van der Waals surface area contributed by atoms with E-state index in [-0.39, 0.29) is 19.4 Å². The van der Waals surface area contributed by atoms with Gasteiger partial charge in [-0.3, -0.25) is 4.79 Å². The predicted molar refractivity (Wildman–Crippen MR) is 83.2 cm³/mol. The molecule has 1 unspecified atom stereocenters. The van der Waals surface area contributed by atoms with Crippen LogP contribution in [0.2, 0.25) is 0 Å². The van der Waals surface area contributed by atoms with Crippen molar-refractivity contribution in [2.24, 2.45) is 5.41 Å². The summed E-state index contributed by atoms with van der Waals surface area (Å²) in [5.74, 6) is -13.9. The van der Waals surface area contributed by atoms with Crippen molar-refractivity contribution in [1.29, 1.82) is 0 Å². The van der Waals surface area contributed by atoms with Crippen molar-refractivity contribution >= 4 is 5.97 Å². The van der Waals surface area contributed by atoms with E-state index < -0.39 is 46.2 Å². The molecule has 0 bridgehead atoms. The van der Waals surface area contributed by atoms with Crippen molar-refractivity contribution in [3.63, 3.8) is 0 Å². The van der Waals surface area contributed by atoms with Crippen LogP contribution in [0.5, 0.6) is 5.75 Å². The van der Waals surface area contributed by atoms with Gasteiger partial charge in [0.2, 0.25) is 34.8 Å². The van der Waals surface area contributed by atoms with Crippen LogP contribution in [0.15, 0.2) is 0 Å². The number of esters is 1. The highest BCUT2D eigenvalue weighted by atomic mass is 19.2. The van der Waals surface area contributed by atoms with Crippen molar-refractivity contribution in [3.8, 4) is 5.75 Å². The molecule has 0 aliphatic carbocycles. The molecule has 9 heteroatoms. The first kappa shape index (κ1) is 22.0. The van der Waals surface area contributed by atoms with E-state index >= 15 is 0 Å². The second-order valence-corrected chi connectivity index (χ2v) is 6.57. The number of carbonyl (C=O) groups excluding carboxylic acids is 1. The fraction of sp³-hybridized carbons (Fsp3) is 0.588. The molecule has 1 rings (SSSR count). The Morgan fingerprint density at radius 1 is 1.00 bits per heavy atom. The van der Waals surface area contributed by atoms with E-state index in [4.69, 9.17) is 0 Å². The molecule has 1 atom stereocenters. The average Bonchev–Trinajstić information content (AvgIpc) is 2.58. The van der Waals surface area contributed by atoms with E-state index in [1.807, 2.05) is 6.92 Å². The van der Waals surface area contributed by atoms with E-state index in [1.54, 1.807) is 6.92 Å². The van der Waals surface area contributed by atoms with Crippen LogP contribution < -0.4 is 4.74 Å². The minimum absolute atomic E-state index is 0.128. The van der Waals surface area contributed by atoms with Crippen molar-refractivity contribution in [2.45, 2.75) is 46.0 Å². The quantitative estimate of drug-likeness (QED) is 0.156. The first-order valence-corrected chi connectivity index (χ1v) is 8.12. The maximum Gasteiger partial charge on any atom is 0.311 e. The number of hydrogen-bond acceptors (Lipinski definition) is 3. The summed E-state index contributed by atoms with van der Waals surface area (Å²) in [6.07, 6.45) is 2.12. The highest BCUT2D eigenvalue weighted by Crippen LogP contribution is 2.32. The minimum Gasteiger partial charge on any atom is -0.420 e. The maximum atomic E-state index is 13.5. The van der Waals surface area contributed by atoms with Gasteiger partial charge in [0.25, 0.3) is 0 Å². The number of rotatable bonds is 9. The van der Waals surface area contributed by atoms with Gasteiger partial charge in [-0.15, -0.1) is 0 Å². The van der Waals surface area contributed by atoms with Crippen LogP contribution >= 0.6 is 0 Å². The summed E-state index contributed by atoms with van der Waals surface area (Å²) in [5.41, 5.74) is -0.554. The van der Waals surface area contributed by atoms with Crippen molar-refractivity contribution < 1.29 is 36.2 Å². The van der Waals surface area contributed by atoms with Crippen molar-refractivity contribution in [3.05, 3.63) is 34.0 Å². The van der Waals surface area contributed by atoms with Gasteiger partial charge in [0.15, 0.2) is 13.6 Å². The average molecular weight is 382 g/mol. The number of nitroso groups, excluding NO2 is 1. The Balaban J connectivity index is 2.88. The van der Waals surface area contributed by atoms with Crippen LogP contribution in [-0.4, -0.2) is 24.3 Å². The van der Waals surface area contributed by atoms with Gasteiger partial charge in [-0.2, -0.15) is 8.78 Å². The molecular formula is C17H21F5NO3+. The molecule has 0 saturated carbocycles. The first-order chi connectivity index (χ1) is 12.0. The van der Waals surface area contributed by atoms with Crippen LogP contribution in [0.4, 0.5) is 22.0 Å². The largest absolute Gasteiger partial charge is 0.420 e. The third-order valence-electron chi connectivity index (χ3n) is 4.06. The lowest BCUT2D eigenvalue weighted by Crippen LogP contribution is -2.29. The molecule has 0 saturated heterocycles. The lowest BCUT2D eigenvalue weighted by atomic mass is 9.80. The molecular weight excluding hydrogens is 361 g/mol. The minimum atomic E-state index is -2.33. The molecule has 0 heterocycles. The van der Waals surface area contributed by atoms with Crippen LogP contribution in [0.1, 0.15) is 46.0 Å². The van der Waals surface area contributed by atoms with Crippen LogP contribution in [0.25, 0.3) is 0 Å². The third kappa shape index (κ3) is 5.47. The van der Waals surface area contributed by atoms with E-state index in [9.17, 15) is 31.7 Å². The number of benzene rings is 1. The van der Waals surface area contributed by atoms with Gasteiger partial charge < -0.3 is 4.74 Å².